The Balaban J connectivity index is 2.12. The molecule has 0 N–H and O–H groups in total. The molecule has 0 heterocycles. The lowest BCUT2D eigenvalue weighted by molar-refractivity contribution is 0.627. The van der Waals surface area contributed by atoms with Gasteiger partial charge in [-0.15, -0.1) is 0 Å². The summed E-state index contributed by atoms with van der Waals surface area (Å²) >= 11 is 0. The van der Waals surface area contributed by atoms with Crippen molar-refractivity contribution < 1.29 is 4.39 Å². The van der Waals surface area contributed by atoms with Crippen LogP contribution >= 0.6 is 0 Å². The van der Waals surface area contributed by atoms with E-state index >= 15 is 0 Å². The second kappa shape index (κ2) is 4.79. The molecule has 0 aliphatic rings. The van der Waals surface area contributed by atoms with Gasteiger partial charge in [-0.1, -0.05) is 36.4 Å². The van der Waals surface area contributed by atoms with Gasteiger partial charge in [0.05, 0.1) is 0 Å². The van der Waals surface area contributed by atoms with Gasteiger partial charge in [0, 0.05) is 19.3 Å². The van der Waals surface area contributed by atoms with E-state index < -0.39 is 0 Å². The molecule has 0 amide bonds. The predicted octanol–water partition coefficient (Wildman–Crippen LogP) is 3.46. The van der Waals surface area contributed by atoms with Crippen LogP contribution in [0.5, 0.6) is 0 Å². The van der Waals surface area contributed by atoms with Gasteiger partial charge in [0.25, 0.3) is 0 Å². The maximum absolute atomic E-state index is 13.0. The minimum atomic E-state index is -0.197. The Kier molecular flexibility index (Phi) is 3.20. The lowest BCUT2D eigenvalue weighted by Gasteiger charge is -2.19. The summed E-state index contributed by atoms with van der Waals surface area (Å²) in [6.07, 6.45) is 0. The minimum absolute atomic E-state index is 0.197. The Bertz CT molecular complexity index is 453. The number of benzene rings is 2. The Labute approximate surface area is 95.1 Å². The molecular weight excluding hydrogens is 201 g/mol. The summed E-state index contributed by atoms with van der Waals surface area (Å²) in [4.78, 5) is 2.03. The summed E-state index contributed by atoms with van der Waals surface area (Å²) in [5, 5.41) is 0. The van der Waals surface area contributed by atoms with E-state index in [1.807, 2.05) is 36.2 Å². The number of anilines is 1. The molecule has 0 saturated carbocycles. The number of hydrogen-bond donors (Lipinski definition) is 0. The molecule has 1 nitrogen and oxygen atoms in total. The first-order valence-electron chi connectivity index (χ1n) is 5.26. The molecule has 0 aliphatic heterocycles. The Morgan fingerprint density at radius 2 is 1.75 bits per heavy atom. The zero-order valence-corrected chi connectivity index (χ0v) is 9.23. The van der Waals surface area contributed by atoms with Gasteiger partial charge < -0.3 is 4.90 Å². The molecular formula is C14H14FN. The molecule has 2 heteroatoms. The topological polar surface area (TPSA) is 3.24 Å². The quantitative estimate of drug-likeness (QED) is 0.757. The van der Waals surface area contributed by atoms with Crippen LogP contribution in [0.15, 0.2) is 54.6 Å². The maximum atomic E-state index is 13.0. The first-order valence-corrected chi connectivity index (χ1v) is 5.26. The molecule has 2 aromatic rings. The lowest BCUT2D eigenvalue weighted by Crippen LogP contribution is -2.16. The van der Waals surface area contributed by atoms with E-state index in [0.717, 1.165) is 12.2 Å². The Morgan fingerprint density at radius 3 is 2.44 bits per heavy atom. The molecule has 0 radical (unpaired) electrons. The van der Waals surface area contributed by atoms with Crippen LogP contribution in [0.3, 0.4) is 0 Å². The van der Waals surface area contributed by atoms with Crippen molar-refractivity contribution in [1.29, 1.82) is 0 Å². The minimum Gasteiger partial charge on any atom is -0.370 e. The molecule has 0 saturated heterocycles. The molecule has 0 unspecified atom stereocenters. The molecule has 0 bridgehead atoms. The van der Waals surface area contributed by atoms with E-state index in [1.54, 1.807) is 12.1 Å². The Morgan fingerprint density at radius 1 is 1.00 bits per heavy atom. The Hall–Kier alpha value is -1.83. The normalized spacial score (nSPS) is 10.1. The average Bonchev–Trinajstić information content (AvgIpc) is 2.30. The van der Waals surface area contributed by atoms with Gasteiger partial charge >= 0.3 is 0 Å². The fourth-order valence-electron chi connectivity index (χ4n) is 1.66. The highest BCUT2D eigenvalue weighted by atomic mass is 19.1. The average molecular weight is 215 g/mol. The summed E-state index contributed by atoms with van der Waals surface area (Å²) < 4.78 is 13.0. The largest absolute Gasteiger partial charge is 0.370 e. The van der Waals surface area contributed by atoms with E-state index in [9.17, 15) is 4.39 Å². The smallest absolute Gasteiger partial charge is 0.125 e. The molecule has 16 heavy (non-hydrogen) atoms. The maximum Gasteiger partial charge on any atom is 0.125 e. The fourth-order valence-corrected chi connectivity index (χ4v) is 1.66. The van der Waals surface area contributed by atoms with Crippen LogP contribution in [0.1, 0.15) is 5.56 Å². The van der Waals surface area contributed by atoms with Crippen molar-refractivity contribution in [3.63, 3.8) is 0 Å². The molecule has 82 valence electrons. The molecule has 0 aliphatic carbocycles. The second-order valence-corrected chi connectivity index (χ2v) is 3.82. The summed E-state index contributed by atoms with van der Waals surface area (Å²) in [7, 11) is 1.96. The highest BCUT2D eigenvalue weighted by Crippen LogP contribution is 2.16. The standard InChI is InChI=1S/C14H14FN/c1-16(11-12-6-3-2-4-7-12)14-9-5-8-13(15)10-14/h2-10H,11H2,1H3. The zero-order chi connectivity index (χ0) is 11.4. The molecule has 0 aromatic heterocycles. The summed E-state index contributed by atoms with van der Waals surface area (Å²) in [5.74, 6) is -0.197. The highest BCUT2D eigenvalue weighted by Gasteiger charge is 2.02. The fraction of sp³-hybridized carbons (Fsp3) is 0.143. The van der Waals surface area contributed by atoms with Gasteiger partial charge in [-0.2, -0.15) is 0 Å². The first kappa shape index (κ1) is 10.7. The van der Waals surface area contributed by atoms with Crippen molar-refractivity contribution in [2.45, 2.75) is 6.54 Å². The van der Waals surface area contributed by atoms with Crippen LogP contribution in [-0.4, -0.2) is 7.05 Å². The van der Waals surface area contributed by atoms with Crippen LogP contribution < -0.4 is 4.90 Å². The molecule has 0 spiro atoms. The van der Waals surface area contributed by atoms with Crippen molar-refractivity contribution in [3.8, 4) is 0 Å². The highest BCUT2D eigenvalue weighted by molar-refractivity contribution is 5.46. The van der Waals surface area contributed by atoms with Crippen molar-refractivity contribution in [2.75, 3.05) is 11.9 Å². The van der Waals surface area contributed by atoms with Crippen LogP contribution in [-0.2, 0) is 6.54 Å². The van der Waals surface area contributed by atoms with E-state index in [0.29, 0.717) is 0 Å². The van der Waals surface area contributed by atoms with Gasteiger partial charge in [-0.05, 0) is 23.8 Å². The van der Waals surface area contributed by atoms with Gasteiger partial charge in [-0.3, -0.25) is 0 Å². The molecule has 0 atom stereocenters. The van der Waals surface area contributed by atoms with E-state index in [-0.39, 0.29) is 5.82 Å². The molecule has 2 aromatic carbocycles. The van der Waals surface area contributed by atoms with Crippen molar-refractivity contribution in [3.05, 3.63) is 66.0 Å². The number of nitrogens with zero attached hydrogens (tertiary/aromatic N) is 1. The predicted molar refractivity (Wildman–Crippen MR) is 64.9 cm³/mol. The third-order valence-electron chi connectivity index (χ3n) is 2.51. The van der Waals surface area contributed by atoms with Gasteiger partial charge in [0.2, 0.25) is 0 Å². The van der Waals surface area contributed by atoms with E-state index in [1.165, 1.54) is 11.6 Å². The number of halogens is 1. The van der Waals surface area contributed by atoms with Crippen LogP contribution in [0.25, 0.3) is 0 Å². The van der Waals surface area contributed by atoms with Gasteiger partial charge in [0.15, 0.2) is 0 Å². The number of hydrogen-bond acceptors (Lipinski definition) is 1. The van der Waals surface area contributed by atoms with Crippen molar-refractivity contribution in [2.24, 2.45) is 0 Å². The summed E-state index contributed by atoms with van der Waals surface area (Å²) in [6.45, 7) is 0.782. The third-order valence-corrected chi connectivity index (χ3v) is 2.51. The van der Waals surface area contributed by atoms with Gasteiger partial charge in [0.1, 0.15) is 5.82 Å². The van der Waals surface area contributed by atoms with Crippen molar-refractivity contribution in [1.82, 2.24) is 0 Å². The van der Waals surface area contributed by atoms with Crippen LogP contribution in [0, 0.1) is 5.82 Å². The molecule has 2 rings (SSSR count). The molecule has 0 fully saturated rings. The second-order valence-electron chi connectivity index (χ2n) is 3.82. The number of rotatable bonds is 3. The van der Waals surface area contributed by atoms with Crippen molar-refractivity contribution >= 4 is 5.69 Å². The zero-order valence-electron chi connectivity index (χ0n) is 9.23. The monoisotopic (exact) mass is 215 g/mol. The van der Waals surface area contributed by atoms with Crippen LogP contribution in [0.4, 0.5) is 10.1 Å². The first-order chi connectivity index (χ1) is 7.75. The third kappa shape index (κ3) is 2.60. The van der Waals surface area contributed by atoms with E-state index in [2.05, 4.69) is 12.1 Å². The summed E-state index contributed by atoms with van der Waals surface area (Å²) in [5.41, 5.74) is 2.11. The SMILES string of the molecule is CN(Cc1ccccc1)c1cccc(F)c1. The summed E-state index contributed by atoms with van der Waals surface area (Å²) in [6, 6.07) is 16.8. The lowest BCUT2D eigenvalue weighted by atomic mass is 10.2. The van der Waals surface area contributed by atoms with Gasteiger partial charge in [-0.25, -0.2) is 4.39 Å². The van der Waals surface area contributed by atoms with Crippen LogP contribution in [0.2, 0.25) is 0 Å². The van der Waals surface area contributed by atoms with E-state index in [4.69, 9.17) is 0 Å².